The molecule has 0 aromatic heterocycles. The van der Waals surface area contributed by atoms with Gasteiger partial charge in [-0.2, -0.15) is 0 Å². The van der Waals surface area contributed by atoms with Crippen molar-refractivity contribution in [2.75, 3.05) is 6.51 Å². The minimum atomic E-state index is -2.31. The average molecular weight is 162 g/mol. The van der Waals surface area contributed by atoms with Crippen LogP contribution in [-0.2, 0) is 4.74 Å². The third-order valence-corrected chi connectivity index (χ3v) is 2.01. The molecular weight excluding hydrogens is 149 g/mol. The minimum Gasteiger partial charge on any atom is -0.380 e. The van der Waals surface area contributed by atoms with Crippen molar-refractivity contribution in [2.24, 2.45) is 0 Å². The summed E-state index contributed by atoms with van der Waals surface area (Å²) >= 11 is 0. The van der Waals surface area contributed by atoms with Crippen LogP contribution in [0.4, 0.5) is 8.63 Å². The molecule has 11 heavy (non-hydrogen) atoms. The lowest BCUT2D eigenvalue weighted by molar-refractivity contribution is 0.0501. The Bertz CT molecular complexity index is 105. The molecule has 0 N–H and O–H groups in total. The summed E-state index contributed by atoms with van der Waals surface area (Å²) < 4.78 is 28.3. The third kappa shape index (κ3) is 3.70. The first-order valence-electron chi connectivity index (χ1n) is 4.19. The molecule has 0 bridgehead atoms. The van der Waals surface area contributed by atoms with E-state index in [4.69, 9.17) is 4.74 Å². The van der Waals surface area contributed by atoms with Crippen molar-refractivity contribution >= 4 is 7.27 Å². The van der Waals surface area contributed by atoms with Gasteiger partial charge in [0.25, 0.3) is 0 Å². The van der Waals surface area contributed by atoms with E-state index in [-0.39, 0.29) is 12.6 Å². The number of rotatable bonds is 3. The molecule has 64 valence electrons. The van der Waals surface area contributed by atoms with Crippen LogP contribution in [0.5, 0.6) is 0 Å². The smallest absolute Gasteiger partial charge is 0.380 e. The molecule has 0 saturated heterocycles. The van der Waals surface area contributed by atoms with Gasteiger partial charge in [0.2, 0.25) is 0 Å². The lowest BCUT2D eigenvalue weighted by atomic mass is 9.96. The Morgan fingerprint density at radius 2 is 1.82 bits per heavy atom. The highest BCUT2D eigenvalue weighted by Crippen LogP contribution is 2.20. The summed E-state index contributed by atoms with van der Waals surface area (Å²) in [6, 6.07) is 0. The van der Waals surface area contributed by atoms with Crippen LogP contribution in [0.25, 0.3) is 0 Å². The predicted molar refractivity (Wildman–Crippen MR) is 40.8 cm³/mol. The van der Waals surface area contributed by atoms with E-state index in [2.05, 4.69) is 0 Å². The van der Waals surface area contributed by atoms with Crippen LogP contribution in [0.2, 0.25) is 0 Å². The summed E-state index contributed by atoms with van der Waals surface area (Å²) in [6.07, 6.45) is 5.54. The maximum absolute atomic E-state index is 11.7. The summed E-state index contributed by atoms with van der Waals surface area (Å²) in [5.41, 5.74) is 0. The molecule has 1 nitrogen and oxygen atoms in total. The Morgan fingerprint density at radius 3 is 2.36 bits per heavy atom. The summed E-state index contributed by atoms with van der Waals surface area (Å²) in [5, 5.41) is 0. The van der Waals surface area contributed by atoms with Gasteiger partial charge in [0, 0.05) is 0 Å². The van der Waals surface area contributed by atoms with Gasteiger partial charge in [-0.3, -0.25) is 8.63 Å². The van der Waals surface area contributed by atoms with Crippen LogP contribution < -0.4 is 0 Å². The zero-order chi connectivity index (χ0) is 8.10. The number of ether oxygens (including phenoxy) is 1. The molecular formula is C7H13BF2O. The first-order valence-corrected chi connectivity index (χ1v) is 4.19. The fourth-order valence-electron chi connectivity index (χ4n) is 1.44. The fraction of sp³-hybridized carbons (Fsp3) is 1.00. The van der Waals surface area contributed by atoms with Crippen molar-refractivity contribution in [2.45, 2.75) is 38.2 Å². The summed E-state index contributed by atoms with van der Waals surface area (Å²) in [4.78, 5) is 0. The molecule has 0 aromatic carbocycles. The Labute approximate surface area is 66.3 Å². The summed E-state index contributed by atoms with van der Waals surface area (Å²) in [5.74, 6) is 0. The third-order valence-electron chi connectivity index (χ3n) is 2.01. The highest BCUT2D eigenvalue weighted by Gasteiger charge is 2.18. The van der Waals surface area contributed by atoms with E-state index in [1.807, 2.05) is 0 Å². The van der Waals surface area contributed by atoms with Crippen LogP contribution >= 0.6 is 0 Å². The Morgan fingerprint density at radius 1 is 1.18 bits per heavy atom. The van der Waals surface area contributed by atoms with Crippen LogP contribution in [-0.4, -0.2) is 19.9 Å². The second-order valence-corrected chi connectivity index (χ2v) is 2.98. The van der Waals surface area contributed by atoms with Crippen molar-refractivity contribution < 1.29 is 13.4 Å². The molecule has 0 spiro atoms. The second kappa shape index (κ2) is 4.70. The van der Waals surface area contributed by atoms with Gasteiger partial charge in [-0.15, -0.1) is 0 Å². The Kier molecular flexibility index (Phi) is 3.84. The van der Waals surface area contributed by atoms with Gasteiger partial charge < -0.3 is 4.74 Å². The molecule has 4 heteroatoms. The van der Waals surface area contributed by atoms with E-state index >= 15 is 0 Å². The van der Waals surface area contributed by atoms with E-state index in [0.29, 0.717) is 0 Å². The Hall–Kier alpha value is -0.115. The van der Waals surface area contributed by atoms with E-state index in [1.54, 1.807) is 0 Å². The van der Waals surface area contributed by atoms with Gasteiger partial charge in [-0.1, -0.05) is 19.3 Å². The molecule has 1 aliphatic carbocycles. The molecule has 1 saturated carbocycles. The van der Waals surface area contributed by atoms with Crippen molar-refractivity contribution in [1.82, 2.24) is 0 Å². The van der Waals surface area contributed by atoms with Crippen LogP contribution in [0.15, 0.2) is 0 Å². The van der Waals surface area contributed by atoms with Gasteiger partial charge in [0.1, 0.15) is 0 Å². The molecule has 0 aromatic rings. The molecule has 0 unspecified atom stereocenters. The normalized spacial score (nSPS) is 20.2. The number of hydrogen-bond donors (Lipinski definition) is 0. The topological polar surface area (TPSA) is 9.23 Å². The zero-order valence-electron chi connectivity index (χ0n) is 6.56. The SMILES string of the molecule is FB(F)COC1CCCCC1. The molecule has 1 rings (SSSR count). The van der Waals surface area contributed by atoms with Crippen molar-refractivity contribution in [3.05, 3.63) is 0 Å². The van der Waals surface area contributed by atoms with E-state index in [9.17, 15) is 8.63 Å². The highest BCUT2D eigenvalue weighted by molar-refractivity contribution is 6.42. The zero-order valence-corrected chi connectivity index (χ0v) is 6.56. The maximum atomic E-state index is 11.7. The molecule has 0 heterocycles. The summed E-state index contributed by atoms with van der Waals surface area (Å²) in [7, 11) is -2.31. The molecule has 1 fully saturated rings. The minimum absolute atomic E-state index is 0.109. The van der Waals surface area contributed by atoms with E-state index in [0.717, 1.165) is 25.7 Å². The quantitative estimate of drug-likeness (QED) is 0.578. The fourth-order valence-corrected chi connectivity index (χ4v) is 1.44. The molecule has 0 aliphatic heterocycles. The van der Waals surface area contributed by atoms with Gasteiger partial charge >= 0.3 is 7.27 Å². The van der Waals surface area contributed by atoms with Crippen molar-refractivity contribution in [1.29, 1.82) is 0 Å². The standard InChI is InChI=1S/C7H13BF2O/c9-8(10)6-11-7-4-2-1-3-5-7/h7H,1-6H2. The highest BCUT2D eigenvalue weighted by atomic mass is 19.2. The largest absolute Gasteiger partial charge is 0.563 e. The lowest BCUT2D eigenvalue weighted by Gasteiger charge is -2.21. The van der Waals surface area contributed by atoms with E-state index < -0.39 is 7.27 Å². The first kappa shape index (κ1) is 8.98. The maximum Gasteiger partial charge on any atom is 0.563 e. The van der Waals surface area contributed by atoms with Crippen molar-refractivity contribution in [3.8, 4) is 0 Å². The van der Waals surface area contributed by atoms with Gasteiger partial charge in [-0.25, -0.2) is 0 Å². The van der Waals surface area contributed by atoms with Crippen LogP contribution in [0.3, 0.4) is 0 Å². The monoisotopic (exact) mass is 162 g/mol. The summed E-state index contributed by atoms with van der Waals surface area (Å²) in [6.45, 7) is -0.384. The molecule has 0 amide bonds. The molecule has 0 radical (unpaired) electrons. The predicted octanol–water partition coefficient (Wildman–Crippen LogP) is 2.30. The Balaban J connectivity index is 2.05. The van der Waals surface area contributed by atoms with Gasteiger partial charge in [0.15, 0.2) is 0 Å². The first-order chi connectivity index (χ1) is 5.29. The second-order valence-electron chi connectivity index (χ2n) is 2.98. The molecule has 0 atom stereocenters. The van der Waals surface area contributed by atoms with Crippen molar-refractivity contribution in [3.63, 3.8) is 0 Å². The number of hydrogen-bond acceptors (Lipinski definition) is 1. The van der Waals surface area contributed by atoms with Gasteiger partial charge in [0.05, 0.1) is 12.6 Å². The number of halogens is 2. The molecule has 1 aliphatic rings. The van der Waals surface area contributed by atoms with Crippen LogP contribution in [0, 0.1) is 0 Å². The average Bonchev–Trinajstić information content (AvgIpc) is 2.03. The van der Waals surface area contributed by atoms with Gasteiger partial charge in [-0.05, 0) is 12.8 Å². The van der Waals surface area contributed by atoms with Crippen LogP contribution in [0.1, 0.15) is 32.1 Å². The van der Waals surface area contributed by atoms with E-state index in [1.165, 1.54) is 6.42 Å². The lowest BCUT2D eigenvalue weighted by Crippen LogP contribution is -2.21.